The van der Waals surface area contributed by atoms with Crippen LogP contribution in [-0.2, 0) is 21.2 Å². The molecule has 0 aliphatic heterocycles. The molecule has 10 heteroatoms. The summed E-state index contributed by atoms with van der Waals surface area (Å²) in [5.41, 5.74) is 1.50. The smallest absolute Gasteiger partial charge is 0.244 e. The van der Waals surface area contributed by atoms with Gasteiger partial charge in [-0.15, -0.1) is 0 Å². The Balaban J connectivity index is 1.67. The molecule has 2 aromatic heterocycles. The van der Waals surface area contributed by atoms with Crippen LogP contribution in [0, 0.1) is 0 Å². The molecule has 7 nitrogen and oxygen atoms in total. The molecule has 4 rings (SSSR count). The van der Waals surface area contributed by atoms with Crippen LogP contribution in [0.5, 0.6) is 5.75 Å². The van der Waals surface area contributed by atoms with Gasteiger partial charge in [-0.05, 0) is 54.1 Å². The Bertz CT molecular complexity index is 1360. The molecule has 2 aromatic carbocycles. The molecule has 2 heterocycles. The molecular formula is C22H18BrN3O4S2. The fraction of sp³-hybridized carbons (Fsp3) is 0.136. The molecule has 0 aliphatic carbocycles. The van der Waals surface area contributed by atoms with Crippen molar-refractivity contribution < 1.29 is 17.9 Å². The molecule has 0 saturated carbocycles. The summed E-state index contributed by atoms with van der Waals surface area (Å²) in [6, 6.07) is 15.2. The summed E-state index contributed by atoms with van der Waals surface area (Å²) in [5, 5.41) is 0.428. The van der Waals surface area contributed by atoms with Crippen LogP contribution in [0.4, 0.5) is 5.13 Å². The topological polar surface area (TPSA) is 89.5 Å². The third kappa shape index (κ3) is 4.98. The highest BCUT2D eigenvalue weighted by molar-refractivity contribution is 9.10. The van der Waals surface area contributed by atoms with Crippen LogP contribution >= 0.6 is 27.3 Å². The summed E-state index contributed by atoms with van der Waals surface area (Å²) < 4.78 is 32.7. The lowest BCUT2D eigenvalue weighted by atomic mass is 10.2. The minimum absolute atomic E-state index is 0.0567. The van der Waals surface area contributed by atoms with Gasteiger partial charge in [0.2, 0.25) is 5.91 Å². The van der Waals surface area contributed by atoms with Crippen molar-refractivity contribution in [3.05, 3.63) is 77.0 Å². The van der Waals surface area contributed by atoms with Gasteiger partial charge in [-0.3, -0.25) is 14.7 Å². The summed E-state index contributed by atoms with van der Waals surface area (Å²) in [4.78, 5) is 23.4. The Morgan fingerprint density at radius 3 is 2.62 bits per heavy atom. The molecular weight excluding hydrogens is 514 g/mol. The number of carbonyl (C=O) groups is 1. The number of benzene rings is 2. The Kier molecular flexibility index (Phi) is 6.54. The van der Waals surface area contributed by atoms with Crippen LogP contribution in [-0.4, -0.2) is 37.2 Å². The molecule has 164 valence electrons. The number of ether oxygens (including phenoxy) is 1. The molecule has 0 unspecified atom stereocenters. The number of rotatable bonds is 7. The molecule has 0 saturated heterocycles. The molecule has 1 amide bonds. The molecule has 0 radical (unpaired) electrons. The minimum Gasteiger partial charge on any atom is -0.497 e. The average Bonchev–Trinajstić information content (AvgIpc) is 3.20. The van der Waals surface area contributed by atoms with Crippen LogP contribution in [0.25, 0.3) is 10.2 Å². The van der Waals surface area contributed by atoms with Crippen LogP contribution in [0.1, 0.15) is 5.56 Å². The van der Waals surface area contributed by atoms with Crippen LogP contribution in [0.2, 0.25) is 0 Å². The van der Waals surface area contributed by atoms with Gasteiger partial charge >= 0.3 is 0 Å². The number of sulfone groups is 1. The number of thiazole rings is 1. The van der Waals surface area contributed by atoms with Crippen molar-refractivity contribution in [1.29, 1.82) is 0 Å². The van der Waals surface area contributed by atoms with E-state index in [9.17, 15) is 13.2 Å². The number of methoxy groups -OCH3 is 1. The van der Waals surface area contributed by atoms with Gasteiger partial charge in [-0.1, -0.05) is 33.3 Å². The van der Waals surface area contributed by atoms with Crippen molar-refractivity contribution in [2.24, 2.45) is 0 Å². The van der Waals surface area contributed by atoms with Crippen LogP contribution in [0.3, 0.4) is 0 Å². The fourth-order valence-electron chi connectivity index (χ4n) is 3.05. The van der Waals surface area contributed by atoms with E-state index < -0.39 is 21.5 Å². The van der Waals surface area contributed by atoms with E-state index in [0.29, 0.717) is 10.9 Å². The van der Waals surface area contributed by atoms with Crippen LogP contribution in [0.15, 0.2) is 76.4 Å². The molecule has 4 aromatic rings. The molecule has 0 aliphatic rings. The summed E-state index contributed by atoms with van der Waals surface area (Å²) in [6.45, 7) is 0.159. The van der Waals surface area contributed by atoms with E-state index in [1.165, 1.54) is 35.5 Å². The largest absolute Gasteiger partial charge is 0.497 e. The monoisotopic (exact) mass is 531 g/mol. The summed E-state index contributed by atoms with van der Waals surface area (Å²) in [7, 11) is -2.36. The van der Waals surface area contributed by atoms with E-state index in [4.69, 9.17) is 4.74 Å². The number of halogens is 1. The predicted molar refractivity (Wildman–Crippen MR) is 128 cm³/mol. The quantitative estimate of drug-likeness (QED) is 0.349. The average molecular weight is 532 g/mol. The van der Waals surface area contributed by atoms with Gasteiger partial charge in [0.15, 0.2) is 15.0 Å². The normalized spacial score (nSPS) is 11.4. The van der Waals surface area contributed by atoms with Crippen molar-refractivity contribution in [1.82, 2.24) is 9.97 Å². The molecule has 0 N–H and O–H groups in total. The van der Waals surface area contributed by atoms with Crippen molar-refractivity contribution >= 4 is 58.4 Å². The number of anilines is 1. The molecule has 0 fully saturated rings. The van der Waals surface area contributed by atoms with Crippen LogP contribution < -0.4 is 9.64 Å². The van der Waals surface area contributed by atoms with Crippen molar-refractivity contribution in [2.75, 3.05) is 17.8 Å². The van der Waals surface area contributed by atoms with Gasteiger partial charge in [-0.25, -0.2) is 13.4 Å². The number of amides is 1. The lowest BCUT2D eigenvalue weighted by Gasteiger charge is -2.20. The Morgan fingerprint density at radius 2 is 1.94 bits per heavy atom. The zero-order valence-corrected chi connectivity index (χ0v) is 20.2. The number of pyridine rings is 1. The van der Waals surface area contributed by atoms with Gasteiger partial charge in [0.1, 0.15) is 11.5 Å². The van der Waals surface area contributed by atoms with E-state index in [2.05, 4.69) is 25.9 Å². The maximum atomic E-state index is 13.3. The maximum Gasteiger partial charge on any atom is 0.244 e. The first-order valence-corrected chi connectivity index (χ1v) is 12.7. The number of hydrogen-bond donors (Lipinski definition) is 0. The second-order valence-electron chi connectivity index (χ2n) is 6.88. The van der Waals surface area contributed by atoms with Gasteiger partial charge in [0.25, 0.3) is 0 Å². The standard InChI is InChI=1S/C22H18BrN3O4S2/c1-30-17-5-7-18(8-6-17)32(28,29)14-21(27)26(13-15-3-2-10-24-12-15)22-25-19-9-4-16(23)11-20(19)31-22/h2-12H,13-14H2,1H3. The maximum absolute atomic E-state index is 13.3. The Labute approximate surface area is 197 Å². The van der Waals surface area contributed by atoms with Gasteiger partial charge < -0.3 is 4.74 Å². The lowest BCUT2D eigenvalue weighted by molar-refractivity contribution is -0.116. The SMILES string of the molecule is COc1ccc(S(=O)(=O)CC(=O)N(Cc2cccnc2)c2nc3ccc(Br)cc3s2)cc1. The van der Waals surface area contributed by atoms with Crippen molar-refractivity contribution in [3.8, 4) is 5.75 Å². The summed E-state index contributed by atoms with van der Waals surface area (Å²) in [6.07, 6.45) is 3.28. The second kappa shape index (κ2) is 9.35. The number of fused-ring (bicyclic) bond motifs is 1. The predicted octanol–water partition coefficient (Wildman–Crippen LogP) is 4.47. The molecule has 0 spiro atoms. The zero-order chi connectivity index (χ0) is 22.7. The highest BCUT2D eigenvalue weighted by Crippen LogP contribution is 2.32. The Hall–Kier alpha value is -2.82. The molecule has 0 atom stereocenters. The summed E-state index contributed by atoms with van der Waals surface area (Å²) >= 11 is 4.77. The van der Waals surface area contributed by atoms with Gasteiger partial charge in [-0.2, -0.15) is 0 Å². The Morgan fingerprint density at radius 1 is 1.16 bits per heavy atom. The summed E-state index contributed by atoms with van der Waals surface area (Å²) in [5.74, 6) is -0.712. The van der Waals surface area contributed by atoms with E-state index in [0.717, 1.165) is 20.3 Å². The first kappa shape index (κ1) is 22.4. The van der Waals surface area contributed by atoms with Crippen molar-refractivity contribution in [3.63, 3.8) is 0 Å². The number of hydrogen-bond acceptors (Lipinski definition) is 7. The third-order valence-corrected chi connectivity index (χ3v) is 7.82. The van der Waals surface area contributed by atoms with E-state index in [1.807, 2.05) is 24.3 Å². The molecule has 32 heavy (non-hydrogen) atoms. The van der Waals surface area contributed by atoms with Gasteiger partial charge in [0, 0.05) is 16.9 Å². The minimum atomic E-state index is -3.86. The fourth-order valence-corrected chi connectivity index (χ4v) is 5.78. The number of carbonyl (C=O) groups excluding carboxylic acids is 1. The molecule has 0 bridgehead atoms. The second-order valence-corrected chi connectivity index (χ2v) is 10.8. The lowest BCUT2D eigenvalue weighted by Crippen LogP contribution is -2.35. The zero-order valence-electron chi connectivity index (χ0n) is 16.9. The number of aromatic nitrogens is 2. The highest BCUT2D eigenvalue weighted by atomic mass is 79.9. The number of nitrogens with zero attached hydrogens (tertiary/aromatic N) is 3. The van der Waals surface area contributed by atoms with E-state index >= 15 is 0 Å². The third-order valence-electron chi connectivity index (χ3n) is 4.67. The first-order valence-electron chi connectivity index (χ1n) is 9.48. The van der Waals surface area contributed by atoms with Gasteiger partial charge in [0.05, 0.1) is 28.8 Å². The van der Waals surface area contributed by atoms with E-state index in [-0.39, 0.29) is 11.4 Å². The first-order chi connectivity index (χ1) is 15.4. The van der Waals surface area contributed by atoms with E-state index in [1.54, 1.807) is 30.6 Å². The van der Waals surface area contributed by atoms with Crippen molar-refractivity contribution in [2.45, 2.75) is 11.4 Å². The highest BCUT2D eigenvalue weighted by Gasteiger charge is 2.27.